The summed E-state index contributed by atoms with van der Waals surface area (Å²) in [5.41, 5.74) is 13.5. The highest BCUT2D eigenvalue weighted by atomic mass is 32.2. The van der Waals surface area contributed by atoms with Gasteiger partial charge in [-0.15, -0.1) is 0 Å². The SMILES string of the molecule is COc1cc2c(cc1OC)CN(C(=O)CSc1nc(N)cc(N)n1)CC2. The number of ether oxygens (including phenoxy) is 2. The van der Waals surface area contributed by atoms with Crippen LogP contribution < -0.4 is 20.9 Å². The number of nitrogen functional groups attached to an aromatic ring is 2. The fourth-order valence-electron chi connectivity index (χ4n) is 2.84. The van der Waals surface area contributed by atoms with Crippen molar-refractivity contribution in [3.8, 4) is 11.5 Å². The maximum absolute atomic E-state index is 12.6. The number of benzene rings is 1. The minimum atomic E-state index is 0.0139. The van der Waals surface area contributed by atoms with Gasteiger partial charge in [0.1, 0.15) is 11.6 Å². The van der Waals surface area contributed by atoms with Crippen LogP contribution in [-0.4, -0.2) is 47.3 Å². The number of carbonyl (C=O) groups excluding carboxylic acids is 1. The van der Waals surface area contributed by atoms with Crippen molar-refractivity contribution < 1.29 is 14.3 Å². The molecule has 0 spiro atoms. The van der Waals surface area contributed by atoms with Crippen LogP contribution in [0.1, 0.15) is 11.1 Å². The lowest BCUT2D eigenvalue weighted by Crippen LogP contribution is -2.37. The molecule has 3 rings (SSSR count). The number of rotatable bonds is 5. The molecule has 2 aromatic rings. The maximum atomic E-state index is 12.6. The van der Waals surface area contributed by atoms with E-state index in [0.29, 0.717) is 41.4 Å². The fraction of sp³-hybridized carbons (Fsp3) is 0.353. The van der Waals surface area contributed by atoms with Gasteiger partial charge in [-0.3, -0.25) is 4.79 Å². The normalized spacial score (nSPS) is 13.2. The van der Waals surface area contributed by atoms with Gasteiger partial charge in [-0.1, -0.05) is 11.8 Å². The molecule has 0 bridgehead atoms. The average molecular weight is 375 g/mol. The van der Waals surface area contributed by atoms with Gasteiger partial charge >= 0.3 is 0 Å². The Bertz CT molecular complexity index is 810. The van der Waals surface area contributed by atoms with E-state index in [9.17, 15) is 4.79 Å². The molecule has 1 amide bonds. The zero-order chi connectivity index (χ0) is 18.7. The van der Waals surface area contributed by atoms with E-state index in [-0.39, 0.29) is 11.7 Å². The first-order chi connectivity index (χ1) is 12.5. The van der Waals surface area contributed by atoms with Crippen LogP contribution in [0.4, 0.5) is 11.6 Å². The number of nitrogens with two attached hydrogens (primary N) is 2. The van der Waals surface area contributed by atoms with Crippen molar-refractivity contribution in [3.63, 3.8) is 0 Å². The predicted octanol–water partition coefficient (Wildman–Crippen LogP) is 1.34. The van der Waals surface area contributed by atoms with Gasteiger partial charge in [0.05, 0.1) is 20.0 Å². The standard InChI is InChI=1S/C17H21N5O3S/c1-24-12-5-10-3-4-22(8-11(10)6-13(12)25-2)16(23)9-26-17-20-14(18)7-15(19)21-17/h5-7H,3-4,8-9H2,1-2H3,(H4,18,19,20,21). The number of aromatic nitrogens is 2. The molecule has 1 aromatic heterocycles. The number of nitrogens with zero attached hydrogens (tertiary/aromatic N) is 3. The van der Waals surface area contributed by atoms with E-state index in [2.05, 4.69) is 9.97 Å². The van der Waals surface area contributed by atoms with E-state index >= 15 is 0 Å². The molecule has 2 heterocycles. The largest absolute Gasteiger partial charge is 0.493 e. The van der Waals surface area contributed by atoms with Crippen LogP contribution >= 0.6 is 11.8 Å². The molecule has 0 saturated carbocycles. The third-order valence-corrected chi connectivity index (χ3v) is 4.97. The summed E-state index contributed by atoms with van der Waals surface area (Å²) in [6.45, 7) is 1.19. The van der Waals surface area contributed by atoms with E-state index in [0.717, 1.165) is 12.0 Å². The summed E-state index contributed by atoms with van der Waals surface area (Å²) in [6.07, 6.45) is 0.772. The number of methoxy groups -OCH3 is 2. The van der Waals surface area contributed by atoms with Crippen molar-refractivity contribution in [2.45, 2.75) is 18.1 Å². The Hall–Kier alpha value is -2.68. The Kier molecular flexibility index (Phi) is 5.36. The number of hydrogen-bond donors (Lipinski definition) is 2. The molecule has 1 aliphatic rings. The third-order valence-electron chi connectivity index (χ3n) is 4.14. The highest BCUT2D eigenvalue weighted by Gasteiger charge is 2.23. The lowest BCUT2D eigenvalue weighted by atomic mass is 9.99. The van der Waals surface area contributed by atoms with Crippen molar-refractivity contribution >= 4 is 29.3 Å². The summed E-state index contributed by atoms with van der Waals surface area (Å²) >= 11 is 1.23. The van der Waals surface area contributed by atoms with Gasteiger partial charge in [0.15, 0.2) is 16.7 Å². The second kappa shape index (κ2) is 7.69. The molecule has 0 saturated heterocycles. The molecule has 0 aliphatic carbocycles. The van der Waals surface area contributed by atoms with Gasteiger partial charge in [-0.25, -0.2) is 9.97 Å². The summed E-state index contributed by atoms with van der Waals surface area (Å²) in [4.78, 5) is 22.5. The summed E-state index contributed by atoms with van der Waals surface area (Å²) in [5.74, 6) is 2.20. The lowest BCUT2D eigenvalue weighted by molar-refractivity contribution is -0.129. The smallest absolute Gasteiger partial charge is 0.233 e. The zero-order valence-corrected chi connectivity index (χ0v) is 15.5. The summed E-state index contributed by atoms with van der Waals surface area (Å²) in [7, 11) is 3.22. The maximum Gasteiger partial charge on any atom is 0.233 e. The van der Waals surface area contributed by atoms with E-state index in [1.165, 1.54) is 23.4 Å². The van der Waals surface area contributed by atoms with Gasteiger partial charge < -0.3 is 25.8 Å². The summed E-state index contributed by atoms with van der Waals surface area (Å²) in [6, 6.07) is 5.39. The molecule has 26 heavy (non-hydrogen) atoms. The van der Waals surface area contributed by atoms with E-state index < -0.39 is 0 Å². The van der Waals surface area contributed by atoms with Crippen molar-refractivity contribution in [1.82, 2.24) is 14.9 Å². The quantitative estimate of drug-likeness (QED) is 0.594. The summed E-state index contributed by atoms with van der Waals surface area (Å²) < 4.78 is 10.7. The topological polar surface area (TPSA) is 117 Å². The number of hydrogen-bond acceptors (Lipinski definition) is 8. The molecule has 0 unspecified atom stereocenters. The second-order valence-electron chi connectivity index (χ2n) is 5.83. The molecule has 4 N–H and O–H groups in total. The van der Waals surface area contributed by atoms with Gasteiger partial charge in [0, 0.05) is 19.2 Å². The Morgan fingerprint density at radius 1 is 1.12 bits per heavy atom. The molecule has 9 heteroatoms. The van der Waals surface area contributed by atoms with Gasteiger partial charge in [-0.05, 0) is 29.7 Å². The Morgan fingerprint density at radius 3 is 2.35 bits per heavy atom. The Labute approximate surface area is 155 Å². The Balaban J connectivity index is 1.67. The van der Waals surface area contributed by atoms with Gasteiger partial charge in [0.2, 0.25) is 5.91 Å². The molecule has 8 nitrogen and oxygen atoms in total. The molecule has 1 aromatic carbocycles. The molecule has 0 radical (unpaired) electrons. The first-order valence-corrected chi connectivity index (χ1v) is 9.03. The van der Waals surface area contributed by atoms with Crippen LogP contribution in [0.3, 0.4) is 0 Å². The highest BCUT2D eigenvalue weighted by Crippen LogP contribution is 2.33. The number of carbonyl (C=O) groups is 1. The van der Waals surface area contributed by atoms with E-state index in [1.54, 1.807) is 14.2 Å². The van der Waals surface area contributed by atoms with Crippen LogP contribution in [0, 0.1) is 0 Å². The second-order valence-corrected chi connectivity index (χ2v) is 6.77. The fourth-order valence-corrected chi connectivity index (χ4v) is 3.62. The van der Waals surface area contributed by atoms with Crippen molar-refractivity contribution in [3.05, 3.63) is 29.3 Å². The number of fused-ring (bicyclic) bond motifs is 1. The summed E-state index contributed by atoms with van der Waals surface area (Å²) in [5, 5.41) is 0.402. The van der Waals surface area contributed by atoms with Crippen LogP contribution in [-0.2, 0) is 17.8 Å². The van der Waals surface area contributed by atoms with Crippen molar-refractivity contribution in [1.29, 1.82) is 0 Å². The van der Waals surface area contributed by atoms with Crippen LogP contribution in [0.2, 0.25) is 0 Å². The molecular weight excluding hydrogens is 354 g/mol. The average Bonchev–Trinajstić information content (AvgIpc) is 2.63. The minimum Gasteiger partial charge on any atom is -0.493 e. The van der Waals surface area contributed by atoms with Crippen LogP contribution in [0.25, 0.3) is 0 Å². The highest BCUT2D eigenvalue weighted by molar-refractivity contribution is 7.99. The first kappa shape index (κ1) is 18.1. The zero-order valence-electron chi connectivity index (χ0n) is 14.7. The van der Waals surface area contributed by atoms with Crippen LogP contribution in [0.15, 0.2) is 23.4 Å². The lowest BCUT2D eigenvalue weighted by Gasteiger charge is -2.29. The minimum absolute atomic E-state index is 0.0139. The monoisotopic (exact) mass is 375 g/mol. The Morgan fingerprint density at radius 2 is 1.73 bits per heavy atom. The first-order valence-electron chi connectivity index (χ1n) is 8.04. The molecule has 138 valence electrons. The van der Waals surface area contributed by atoms with Crippen LogP contribution in [0.5, 0.6) is 11.5 Å². The number of amides is 1. The molecule has 0 atom stereocenters. The van der Waals surface area contributed by atoms with Crippen molar-refractivity contribution in [2.24, 2.45) is 0 Å². The van der Waals surface area contributed by atoms with E-state index in [1.807, 2.05) is 17.0 Å². The van der Waals surface area contributed by atoms with E-state index in [4.69, 9.17) is 20.9 Å². The van der Waals surface area contributed by atoms with Gasteiger partial charge in [0.25, 0.3) is 0 Å². The van der Waals surface area contributed by atoms with Gasteiger partial charge in [-0.2, -0.15) is 0 Å². The third kappa shape index (κ3) is 3.93. The predicted molar refractivity (Wildman–Crippen MR) is 100 cm³/mol. The molecular formula is C17H21N5O3S. The number of anilines is 2. The molecule has 1 aliphatic heterocycles. The van der Waals surface area contributed by atoms with Crippen molar-refractivity contribution in [2.75, 3.05) is 38.0 Å². The molecule has 0 fully saturated rings. The number of thioether (sulfide) groups is 1.